The Bertz CT molecular complexity index is 365. The number of benzene rings is 1. The summed E-state index contributed by atoms with van der Waals surface area (Å²) in [5, 5.41) is 11.2. The topological polar surface area (TPSA) is 69.6 Å². The van der Waals surface area contributed by atoms with Gasteiger partial charge in [-0.2, -0.15) is 0 Å². The highest BCUT2D eigenvalue weighted by atomic mass is 16.4. The Morgan fingerprint density at radius 2 is 1.94 bits per heavy atom. The Labute approximate surface area is 93.7 Å². The molecular weight excluding hydrogens is 208 g/mol. The monoisotopic (exact) mass is 222 g/mol. The summed E-state index contributed by atoms with van der Waals surface area (Å²) in [4.78, 5) is 23.4. The summed E-state index contributed by atoms with van der Waals surface area (Å²) in [5.74, 6) is -1.02. The van der Waals surface area contributed by atoms with Crippen molar-refractivity contribution in [2.45, 2.75) is 6.92 Å². The fraction of sp³-hybridized carbons (Fsp3) is 0.273. The highest BCUT2D eigenvalue weighted by Gasteiger charge is 2.14. The van der Waals surface area contributed by atoms with Crippen LogP contribution in [0.2, 0.25) is 0 Å². The number of nitrogens with zero attached hydrogens (tertiary/aromatic N) is 1. The van der Waals surface area contributed by atoms with Crippen LogP contribution in [0.5, 0.6) is 0 Å². The first-order chi connectivity index (χ1) is 7.63. The molecule has 0 aromatic heterocycles. The Kier molecular flexibility index (Phi) is 4.32. The number of rotatable bonds is 4. The number of carboxylic acid groups (broad SMARTS) is 1. The smallest absolute Gasteiger partial charge is 0.323 e. The minimum Gasteiger partial charge on any atom is -0.480 e. The molecule has 1 aromatic carbocycles. The molecule has 5 nitrogen and oxygen atoms in total. The van der Waals surface area contributed by atoms with Gasteiger partial charge in [-0.3, -0.25) is 4.79 Å². The van der Waals surface area contributed by atoms with Gasteiger partial charge in [0.25, 0.3) is 0 Å². The number of hydrogen-bond donors (Lipinski definition) is 2. The molecule has 0 aliphatic heterocycles. The number of carbonyl (C=O) groups is 2. The van der Waals surface area contributed by atoms with E-state index in [4.69, 9.17) is 5.11 Å². The maximum absolute atomic E-state index is 11.6. The second-order valence-corrected chi connectivity index (χ2v) is 3.20. The van der Waals surface area contributed by atoms with Gasteiger partial charge in [-0.05, 0) is 19.1 Å². The van der Waals surface area contributed by atoms with Crippen LogP contribution in [0.3, 0.4) is 0 Å². The zero-order chi connectivity index (χ0) is 12.0. The molecule has 86 valence electrons. The standard InChI is InChI=1S/C11H14N2O3/c1-2-13(8-10(14)15)11(16)12-9-6-4-3-5-7-9/h3-7H,2,8H2,1H3,(H,12,16)(H,14,15). The van der Waals surface area contributed by atoms with Gasteiger partial charge >= 0.3 is 12.0 Å². The number of nitrogens with one attached hydrogen (secondary N) is 1. The molecule has 0 saturated heterocycles. The van der Waals surface area contributed by atoms with Gasteiger partial charge in [-0.15, -0.1) is 0 Å². The number of aliphatic carboxylic acids is 1. The summed E-state index contributed by atoms with van der Waals surface area (Å²) in [6.07, 6.45) is 0. The average Bonchev–Trinajstić information content (AvgIpc) is 2.26. The van der Waals surface area contributed by atoms with Crippen LogP contribution in [-0.2, 0) is 4.79 Å². The molecule has 2 amide bonds. The van der Waals surface area contributed by atoms with E-state index in [0.717, 1.165) is 0 Å². The second kappa shape index (κ2) is 5.75. The summed E-state index contributed by atoms with van der Waals surface area (Å²) in [6, 6.07) is 8.51. The van der Waals surface area contributed by atoms with E-state index in [1.54, 1.807) is 31.2 Å². The van der Waals surface area contributed by atoms with Crippen molar-refractivity contribution in [3.8, 4) is 0 Å². The van der Waals surface area contributed by atoms with Gasteiger partial charge in [0.1, 0.15) is 6.54 Å². The molecule has 0 radical (unpaired) electrons. The van der Waals surface area contributed by atoms with E-state index in [1.165, 1.54) is 4.90 Å². The van der Waals surface area contributed by atoms with E-state index in [2.05, 4.69) is 5.32 Å². The minimum atomic E-state index is -1.02. The molecule has 0 spiro atoms. The molecule has 0 heterocycles. The molecule has 0 aliphatic rings. The lowest BCUT2D eigenvalue weighted by molar-refractivity contribution is -0.137. The van der Waals surface area contributed by atoms with Crippen LogP contribution < -0.4 is 5.32 Å². The number of anilines is 1. The zero-order valence-electron chi connectivity index (χ0n) is 9.01. The third-order valence-corrected chi connectivity index (χ3v) is 2.02. The highest BCUT2D eigenvalue weighted by molar-refractivity contribution is 5.91. The molecule has 0 aliphatic carbocycles. The second-order valence-electron chi connectivity index (χ2n) is 3.20. The molecular formula is C11H14N2O3. The summed E-state index contributed by atoms with van der Waals surface area (Å²) >= 11 is 0. The van der Waals surface area contributed by atoms with Gasteiger partial charge < -0.3 is 15.3 Å². The number of hydrogen-bond acceptors (Lipinski definition) is 2. The lowest BCUT2D eigenvalue weighted by Crippen LogP contribution is -2.38. The van der Waals surface area contributed by atoms with Crippen LogP contribution in [0.1, 0.15) is 6.92 Å². The van der Waals surface area contributed by atoms with Crippen LogP contribution in [0, 0.1) is 0 Å². The third-order valence-electron chi connectivity index (χ3n) is 2.02. The van der Waals surface area contributed by atoms with E-state index in [1.807, 2.05) is 6.07 Å². The number of para-hydroxylation sites is 1. The maximum atomic E-state index is 11.6. The van der Waals surface area contributed by atoms with Gasteiger partial charge in [-0.25, -0.2) is 4.79 Å². The molecule has 0 saturated carbocycles. The van der Waals surface area contributed by atoms with Crippen LogP contribution in [0.4, 0.5) is 10.5 Å². The van der Waals surface area contributed by atoms with Crippen LogP contribution in [0.25, 0.3) is 0 Å². The van der Waals surface area contributed by atoms with Crippen molar-refractivity contribution in [2.24, 2.45) is 0 Å². The SMILES string of the molecule is CCN(CC(=O)O)C(=O)Nc1ccccc1. The Morgan fingerprint density at radius 3 is 2.44 bits per heavy atom. The van der Waals surface area contributed by atoms with Crippen LogP contribution in [0.15, 0.2) is 30.3 Å². The molecule has 0 bridgehead atoms. The van der Waals surface area contributed by atoms with E-state index >= 15 is 0 Å². The number of carbonyl (C=O) groups excluding carboxylic acids is 1. The zero-order valence-corrected chi connectivity index (χ0v) is 9.01. The van der Waals surface area contributed by atoms with Gasteiger partial charge in [-0.1, -0.05) is 18.2 Å². The van der Waals surface area contributed by atoms with E-state index in [0.29, 0.717) is 12.2 Å². The van der Waals surface area contributed by atoms with Crippen molar-refractivity contribution in [3.05, 3.63) is 30.3 Å². The average molecular weight is 222 g/mol. The van der Waals surface area contributed by atoms with Crippen molar-refractivity contribution in [3.63, 3.8) is 0 Å². The summed E-state index contributed by atoms with van der Waals surface area (Å²) in [7, 11) is 0. The quantitative estimate of drug-likeness (QED) is 0.813. The predicted octanol–water partition coefficient (Wildman–Crippen LogP) is 1.62. The maximum Gasteiger partial charge on any atom is 0.323 e. The van der Waals surface area contributed by atoms with Gasteiger partial charge in [0, 0.05) is 12.2 Å². The van der Waals surface area contributed by atoms with Crippen LogP contribution >= 0.6 is 0 Å². The molecule has 1 aromatic rings. The fourth-order valence-corrected chi connectivity index (χ4v) is 1.21. The molecule has 0 unspecified atom stereocenters. The first-order valence-electron chi connectivity index (χ1n) is 4.96. The van der Waals surface area contributed by atoms with Crippen LogP contribution in [-0.4, -0.2) is 35.1 Å². The fourth-order valence-electron chi connectivity index (χ4n) is 1.21. The summed E-state index contributed by atoms with van der Waals surface area (Å²) in [6.45, 7) is 1.79. The highest BCUT2D eigenvalue weighted by Crippen LogP contribution is 2.06. The molecule has 16 heavy (non-hydrogen) atoms. The van der Waals surface area contributed by atoms with Crippen molar-refractivity contribution >= 4 is 17.7 Å². The van der Waals surface area contributed by atoms with E-state index in [9.17, 15) is 9.59 Å². The summed E-state index contributed by atoms with van der Waals surface area (Å²) < 4.78 is 0. The van der Waals surface area contributed by atoms with Crippen molar-refractivity contribution in [2.75, 3.05) is 18.4 Å². The first-order valence-corrected chi connectivity index (χ1v) is 4.96. The molecule has 1 rings (SSSR count). The molecule has 2 N–H and O–H groups in total. The molecule has 5 heteroatoms. The van der Waals surface area contributed by atoms with Gasteiger partial charge in [0.05, 0.1) is 0 Å². The predicted molar refractivity (Wildman–Crippen MR) is 60.3 cm³/mol. The number of likely N-dealkylation sites (N-methyl/N-ethyl adjacent to an activating group) is 1. The van der Waals surface area contributed by atoms with Crippen molar-refractivity contribution in [1.29, 1.82) is 0 Å². The third kappa shape index (κ3) is 3.61. The lowest BCUT2D eigenvalue weighted by Gasteiger charge is -2.18. The van der Waals surface area contributed by atoms with E-state index in [-0.39, 0.29) is 6.54 Å². The van der Waals surface area contributed by atoms with E-state index < -0.39 is 12.0 Å². The number of amides is 2. The number of urea groups is 1. The Balaban J connectivity index is 2.59. The number of carboxylic acids is 1. The summed E-state index contributed by atoms with van der Waals surface area (Å²) in [5.41, 5.74) is 0.649. The van der Waals surface area contributed by atoms with Gasteiger partial charge in [0.15, 0.2) is 0 Å². The lowest BCUT2D eigenvalue weighted by atomic mass is 10.3. The van der Waals surface area contributed by atoms with Crippen molar-refractivity contribution in [1.82, 2.24) is 4.90 Å². The molecule has 0 fully saturated rings. The van der Waals surface area contributed by atoms with Crippen molar-refractivity contribution < 1.29 is 14.7 Å². The Hall–Kier alpha value is -2.04. The minimum absolute atomic E-state index is 0.296. The normalized spacial score (nSPS) is 9.56. The largest absolute Gasteiger partial charge is 0.480 e. The van der Waals surface area contributed by atoms with Gasteiger partial charge in [0.2, 0.25) is 0 Å². The first kappa shape index (κ1) is 12.0. The molecule has 0 atom stereocenters. The Morgan fingerprint density at radius 1 is 1.31 bits per heavy atom.